The van der Waals surface area contributed by atoms with Gasteiger partial charge in [-0.2, -0.15) is 0 Å². The van der Waals surface area contributed by atoms with E-state index in [0.717, 1.165) is 0 Å². The Hall–Kier alpha value is -1.03. The minimum absolute atomic E-state index is 0.311. The van der Waals surface area contributed by atoms with Crippen LogP contribution in [0.1, 0.15) is 6.92 Å². The van der Waals surface area contributed by atoms with Gasteiger partial charge < -0.3 is 9.63 Å². The van der Waals surface area contributed by atoms with Crippen LogP contribution < -0.4 is 9.61 Å². The number of nitrogens with one attached hydrogen (secondary N) is 1. The lowest BCUT2D eigenvalue weighted by Gasteiger charge is -2.16. The second kappa shape index (κ2) is 5.34. The molecule has 2 N–H and O–H groups in total. The second-order valence-electron chi connectivity index (χ2n) is 3.07. The Bertz CT molecular complexity index is 411. The van der Waals surface area contributed by atoms with Crippen molar-refractivity contribution in [1.29, 1.82) is 0 Å². The predicted octanol–water partition coefficient (Wildman–Crippen LogP) is 2.47. The van der Waals surface area contributed by atoms with E-state index in [4.69, 9.17) is 20.9 Å². The summed E-state index contributed by atoms with van der Waals surface area (Å²) in [7, 11) is 0. The van der Waals surface area contributed by atoms with Crippen LogP contribution in [0.5, 0.6) is 5.75 Å². The highest BCUT2D eigenvalue weighted by atomic mass is 35.7. The number of para-hydroxylation sites is 1. The molecule has 0 bridgehead atoms. The van der Waals surface area contributed by atoms with E-state index in [1.54, 1.807) is 30.3 Å². The van der Waals surface area contributed by atoms with Crippen molar-refractivity contribution in [2.75, 3.05) is 0 Å². The summed E-state index contributed by atoms with van der Waals surface area (Å²) < 4.78 is 16.6. The van der Waals surface area contributed by atoms with E-state index in [1.807, 2.05) is 0 Å². The molecule has 5 nitrogen and oxygen atoms in total. The smallest absolute Gasteiger partial charge is 0.409 e. The number of benzene rings is 1. The number of carbonyl (C=O) groups is 1. The maximum atomic E-state index is 11.7. The maximum Gasteiger partial charge on any atom is 0.409 e. The van der Waals surface area contributed by atoms with Crippen LogP contribution in [0.3, 0.4) is 0 Å². The summed E-state index contributed by atoms with van der Waals surface area (Å²) in [5, 5.41) is 10.8. The van der Waals surface area contributed by atoms with Gasteiger partial charge in [0, 0.05) is 11.2 Å². The molecule has 2 unspecified atom stereocenters. The predicted molar refractivity (Wildman–Crippen MR) is 60.8 cm³/mol. The van der Waals surface area contributed by atoms with Crippen LogP contribution >= 0.6 is 18.1 Å². The first-order valence-corrected chi connectivity index (χ1v) is 6.98. The summed E-state index contributed by atoms with van der Waals surface area (Å²) >= 11 is 5.57. The Kier molecular flexibility index (Phi) is 4.35. The van der Waals surface area contributed by atoms with E-state index in [0.29, 0.717) is 5.75 Å². The molecular formula is C9H11ClNO4P. The van der Waals surface area contributed by atoms with Crippen molar-refractivity contribution in [3.8, 4) is 5.75 Å². The largest absolute Gasteiger partial charge is 0.480 e. The first-order valence-electron chi connectivity index (χ1n) is 4.46. The van der Waals surface area contributed by atoms with Gasteiger partial charge in [-0.1, -0.05) is 18.2 Å². The molecule has 0 aromatic heterocycles. The molecule has 0 fully saturated rings. The number of carboxylic acids is 1. The first-order chi connectivity index (χ1) is 7.41. The molecule has 1 aromatic carbocycles. The molecule has 0 aliphatic carbocycles. The maximum absolute atomic E-state index is 11.7. The SMILES string of the molecule is CC(NP(=O)(Cl)Oc1ccccc1)C(=O)O. The lowest BCUT2D eigenvalue weighted by molar-refractivity contribution is -0.138. The van der Waals surface area contributed by atoms with Gasteiger partial charge in [-0.3, -0.25) is 4.79 Å². The Balaban J connectivity index is 2.66. The lowest BCUT2D eigenvalue weighted by atomic mass is 10.3. The zero-order valence-corrected chi connectivity index (χ0v) is 10.1. The van der Waals surface area contributed by atoms with Gasteiger partial charge in [0.15, 0.2) is 0 Å². The van der Waals surface area contributed by atoms with Crippen molar-refractivity contribution in [2.45, 2.75) is 13.0 Å². The second-order valence-corrected chi connectivity index (χ2v) is 5.81. The standard InChI is InChI=1S/C9H11ClNO4P/c1-7(9(12)13)11-16(10,14)15-8-5-3-2-4-6-8/h2-7H,1H3,(H,11,14)(H,12,13). The van der Waals surface area contributed by atoms with E-state index in [-0.39, 0.29) is 0 Å². The Morgan fingerprint density at radius 3 is 2.56 bits per heavy atom. The van der Waals surface area contributed by atoms with Gasteiger partial charge in [0.1, 0.15) is 11.8 Å². The van der Waals surface area contributed by atoms with Crippen molar-refractivity contribution in [1.82, 2.24) is 5.09 Å². The molecule has 1 rings (SSSR count). The van der Waals surface area contributed by atoms with E-state index in [1.165, 1.54) is 6.92 Å². The third-order valence-corrected chi connectivity index (χ3v) is 3.33. The van der Waals surface area contributed by atoms with Gasteiger partial charge in [-0.15, -0.1) is 0 Å². The molecule has 0 aliphatic rings. The quantitative estimate of drug-likeness (QED) is 0.798. The number of rotatable bonds is 5. The van der Waals surface area contributed by atoms with Gasteiger partial charge in [-0.05, 0) is 19.1 Å². The van der Waals surface area contributed by atoms with Crippen LogP contribution in [0.2, 0.25) is 0 Å². The monoisotopic (exact) mass is 263 g/mol. The zero-order chi connectivity index (χ0) is 12.2. The van der Waals surface area contributed by atoms with E-state index in [9.17, 15) is 9.36 Å². The number of carboxylic acid groups (broad SMARTS) is 1. The zero-order valence-electron chi connectivity index (χ0n) is 8.46. The topological polar surface area (TPSA) is 75.6 Å². The number of hydrogen-bond acceptors (Lipinski definition) is 3. The number of halogens is 1. The lowest BCUT2D eigenvalue weighted by Crippen LogP contribution is -2.31. The van der Waals surface area contributed by atoms with Gasteiger partial charge in [0.2, 0.25) is 0 Å². The third kappa shape index (κ3) is 4.23. The van der Waals surface area contributed by atoms with Crippen LogP contribution in [0.15, 0.2) is 30.3 Å². The van der Waals surface area contributed by atoms with Gasteiger partial charge >= 0.3 is 12.8 Å². The Morgan fingerprint density at radius 2 is 2.06 bits per heavy atom. The summed E-state index contributed by atoms with van der Waals surface area (Å²) in [6.45, 7) is -2.36. The molecule has 7 heteroatoms. The molecule has 0 spiro atoms. The van der Waals surface area contributed by atoms with Crippen molar-refractivity contribution < 1.29 is 19.0 Å². The highest BCUT2D eigenvalue weighted by molar-refractivity contribution is 7.84. The minimum Gasteiger partial charge on any atom is -0.480 e. The summed E-state index contributed by atoms with van der Waals surface area (Å²) in [5.74, 6) is -0.844. The van der Waals surface area contributed by atoms with Crippen LogP contribution in [0.25, 0.3) is 0 Å². The first kappa shape index (κ1) is 13.0. The molecule has 1 aromatic rings. The van der Waals surface area contributed by atoms with Crippen LogP contribution in [0.4, 0.5) is 0 Å². The van der Waals surface area contributed by atoms with Gasteiger partial charge in [-0.25, -0.2) is 9.65 Å². The molecule has 0 aliphatic heterocycles. The van der Waals surface area contributed by atoms with E-state index in [2.05, 4.69) is 5.09 Å². The van der Waals surface area contributed by atoms with Crippen molar-refractivity contribution in [3.63, 3.8) is 0 Å². The van der Waals surface area contributed by atoms with Gasteiger partial charge in [0.05, 0.1) is 0 Å². The molecule has 0 radical (unpaired) electrons. The highest BCUT2D eigenvalue weighted by Crippen LogP contribution is 2.48. The molecule has 0 amide bonds. The Morgan fingerprint density at radius 1 is 1.50 bits per heavy atom. The molecule has 88 valence electrons. The average molecular weight is 264 g/mol. The van der Waals surface area contributed by atoms with Gasteiger partial charge in [0.25, 0.3) is 0 Å². The third-order valence-electron chi connectivity index (χ3n) is 1.68. The van der Waals surface area contributed by atoms with Crippen LogP contribution in [0, 0.1) is 0 Å². The summed E-state index contributed by atoms with van der Waals surface area (Å²) in [5.41, 5.74) is 0. The fourth-order valence-electron chi connectivity index (χ4n) is 0.930. The Labute approximate surface area is 97.7 Å². The molecule has 2 atom stereocenters. The molecular weight excluding hydrogens is 253 g/mol. The molecule has 0 saturated heterocycles. The molecule has 0 heterocycles. The fraction of sp³-hybridized carbons (Fsp3) is 0.222. The van der Waals surface area contributed by atoms with Crippen LogP contribution in [-0.2, 0) is 9.36 Å². The van der Waals surface area contributed by atoms with Crippen molar-refractivity contribution in [2.24, 2.45) is 0 Å². The fourth-order valence-corrected chi connectivity index (χ4v) is 2.63. The average Bonchev–Trinajstić information content (AvgIpc) is 2.17. The van der Waals surface area contributed by atoms with E-state index >= 15 is 0 Å². The molecule has 0 saturated carbocycles. The van der Waals surface area contributed by atoms with E-state index < -0.39 is 18.9 Å². The minimum atomic E-state index is -3.68. The van der Waals surface area contributed by atoms with Crippen molar-refractivity contribution >= 4 is 24.1 Å². The number of aliphatic carboxylic acids is 1. The highest BCUT2D eigenvalue weighted by Gasteiger charge is 2.26. The van der Waals surface area contributed by atoms with Crippen molar-refractivity contribution in [3.05, 3.63) is 30.3 Å². The summed E-state index contributed by atoms with van der Waals surface area (Å²) in [6, 6.07) is 7.23. The molecule has 16 heavy (non-hydrogen) atoms. The van der Waals surface area contributed by atoms with Crippen LogP contribution in [-0.4, -0.2) is 17.1 Å². The number of hydrogen-bond donors (Lipinski definition) is 2. The summed E-state index contributed by atoms with van der Waals surface area (Å²) in [6.07, 6.45) is 0. The normalized spacial score (nSPS) is 16.1. The summed E-state index contributed by atoms with van der Waals surface area (Å²) in [4.78, 5) is 10.5.